The fourth-order valence-electron chi connectivity index (χ4n) is 3.31. The van der Waals surface area contributed by atoms with Crippen molar-refractivity contribution >= 4 is 33.4 Å². The van der Waals surface area contributed by atoms with Crippen LogP contribution < -0.4 is 9.47 Å². The van der Waals surface area contributed by atoms with Crippen LogP contribution in [0.5, 0.6) is 11.5 Å². The van der Waals surface area contributed by atoms with Gasteiger partial charge in [0, 0.05) is 43.3 Å². The molecule has 0 saturated carbocycles. The Hall–Kier alpha value is -1.83. The van der Waals surface area contributed by atoms with Crippen molar-refractivity contribution in [3.05, 3.63) is 56.8 Å². The molecule has 156 valence electrons. The summed E-state index contributed by atoms with van der Waals surface area (Å²) in [4.78, 5) is 17.0. The van der Waals surface area contributed by atoms with Crippen LogP contribution in [0, 0.1) is 5.82 Å². The fourth-order valence-corrected chi connectivity index (χ4v) is 4.09. The average Bonchev–Trinajstić information content (AvgIpc) is 2.71. The number of rotatable bonds is 6. The summed E-state index contributed by atoms with van der Waals surface area (Å²) in [6.45, 7) is 5.66. The normalized spacial score (nSPS) is 14.7. The molecule has 1 heterocycles. The zero-order chi connectivity index (χ0) is 21.0. The lowest BCUT2D eigenvalue weighted by molar-refractivity contribution is 0.0628. The van der Waals surface area contributed by atoms with Crippen LogP contribution in [0.25, 0.3) is 0 Å². The van der Waals surface area contributed by atoms with Gasteiger partial charge in [0.2, 0.25) is 0 Å². The van der Waals surface area contributed by atoms with Crippen molar-refractivity contribution in [1.29, 1.82) is 0 Å². The zero-order valence-corrected chi connectivity index (χ0v) is 18.7. The van der Waals surface area contributed by atoms with Gasteiger partial charge in [0.15, 0.2) is 11.5 Å². The van der Waals surface area contributed by atoms with E-state index in [1.165, 1.54) is 12.1 Å². The SMILES string of the molecule is CCOc1c(Br)cc(C(=O)N2CCN(Cc3ccc(F)cc3Cl)CC2)cc1OC. The number of carbonyl (C=O) groups excluding carboxylic acids is 1. The Bertz CT molecular complexity index is 888. The summed E-state index contributed by atoms with van der Waals surface area (Å²) in [6.07, 6.45) is 0. The minimum absolute atomic E-state index is 0.0495. The van der Waals surface area contributed by atoms with Gasteiger partial charge in [0.25, 0.3) is 5.91 Å². The second-order valence-corrected chi connectivity index (χ2v) is 7.99. The van der Waals surface area contributed by atoms with Gasteiger partial charge in [-0.25, -0.2) is 4.39 Å². The summed E-state index contributed by atoms with van der Waals surface area (Å²) in [5.74, 6) is 0.722. The van der Waals surface area contributed by atoms with E-state index in [1.807, 2.05) is 11.8 Å². The van der Waals surface area contributed by atoms with Gasteiger partial charge in [0.05, 0.1) is 18.2 Å². The molecule has 1 fully saturated rings. The Morgan fingerprint density at radius 2 is 1.93 bits per heavy atom. The minimum Gasteiger partial charge on any atom is -0.493 e. The summed E-state index contributed by atoms with van der Waals surface area (Å²) in [7, 11) is 1.55. The molecule has 0 aliphatic carbocycles. The van der Waals surface area contributed by atoms with E-state index in [9.17, 15) is 9.18 Å². The Labute approximate surface area is 183 Å². The highest BCUT2D eigenvalue weighted by molar-refractivity contribution is 9.10. The number of piperazine rings is 1. The molecular formula is C21H23BrClFN2O3. The van der Waals surface area contributed by atoms with Crippen molar-refractivity contribution in [2.75, 3.05) is 39.9 Å². The van der Waals surface area contributed by atoms with Crippen LogP contribution in [-0.4, -0.2) is 55.6 Å². The van der Waals surface area contributed by atoms with Gasteiger partial charge in [-0.15, -0.1) is 0 Å². The van der Waals surface area contributed by atoms with Crippen molar-refractivity contribution in [1.82, 2.24) is 9.80 Å². The van der Waals surface area contributed by atoms with E-state index >= 15 is 0 Å². The number of methoxy groups -OCH3 is 1. The van der Waals surface area contributed by atoms with Crippen molar-refractivity contribution in [3.63, 3.8) is 0 Å². The van der Waals surface area contributed by atoms with Crippen LogP contribution in [-0.2, 0) is 6.54 Å². The minimum atomic E-state index is -0.342. The molecule has 0 aromatic heterocycles. The van der Waals surface area contributed by atoms with E-state index < -0.39 is 0 Å². The van der Waals surface area contributed by atoms with E-state index in [2.05, 4.69) is 20.8 Å². The van der Waals surface area contributed by atoms with E-state index in [-0.39, 0.29) is 11.7 Å². The van der Waals surface area contributed by atoms with Crippen LogP contribution in [0.3, 0.4) is 0 Å². The third kappa shape index (κ3) is 5.21. The smallest absolute Gasteiger partial charge is 0.254 e. The predicted molar refractivity (Wildman–Crippen MR) is 114 cm³/mol. The first kappa shape index (κ1) is 21.9. The number of carbonyl (C=O) groups is 1. The molecule has 0 unspecified atom stereocenters. The van der Waals surface area contributed by atoms with Crippen LogP contribution in [0.2, 0.25) is 5.02 Å². The molecular weight excluding hydrogens is 463 g/mol. The Morgan fingerprint density at radius 3 is 2.55 bits per heavy atom. The standard InChI is InChI=1S/C21H23BrClFN2O3/c1-3-29-20-17(22)10-15(11-19(20)28-2)21(27)26-8-6-25(7-9-26)13-14-4-5-16(24)12-18(14)23/h4-5,10-12H,3,6-9,13H2,1-2H3. The molecule has 0 atom stereocenters. The Kier molecular flexibility index (Phi) is 7.38. The molecule has 2 aromatic rings. The van der Waals surface area contributed by atoms with Crippen molar-refractivity contribution in [2.24, 2.45) is 0 Å². The molecule has 1 aliphatic heterocycles. The second kappa shape index (κ2) is 9.78. The largest absolute Gasteiger partial charge is 0.493 e. The lowest BCUT2D eigenvalue weighted by atomic mass is 10.1. The number of hydrogen-bond donors (Lipinski definition) is 0. The molecule has 0 spiro atoms. The van der Waals surface area contributed by atoms with Gasteiger partial charge in [-0.1, -0.05) is 17.7 Å². The van der Waals surface area contributed by atoms with Crippen LogP contribution in [0.1, 0.15) is 22.8 Å². The highest BCUT2D eigenvalue weighted by Gasteiger charge is 2.24. The summed E-state index contributed by atoms with van der Waals surface area (Å²) < 4.78 is 24.9. The van der Waals surface area contributed by atoms with Crippen LogP contribution in [0.15, 0.2) is 34.8 Å². The monoisotopic (exact) mass is 484 g/mol. The first-order chi connectivity index (χ1) is 13.9. The van der Waals surface area contributed by atoms with E-state index in [0.29, 0.717) is 52.8 Å². The molecule has 0 radical (unpaired) electrons. The summed E-state index contributed by atoms with van der Waals surface area (Å²) in [6, 6.07) is 7.92. The van der Waals surface area contributed by atoms with Crippen LogP contribution >= 0.6 is 27.5 Å². The van der Waals surface area contributed by atoms with E-state index in [4.69, 9.17) is 21.1 Å². The number of ether oxygens (including phenoxy) is 2. The topological polar surface area (TPSA) is 42.0 Å². The Balaban J connectivity index is 1.65. The molecule has 8 heteroatoms. The number of halogens is 3. The molecule has 2 aromatic carbocycles. The fraction of sp³-hybridized carbons (Fsp3) is 0.381. The highest BCUT2D eigenvalue weighted by Crippen LogP contribution is 2.37. The first-order valence-electron chi connectivity index (χ1n) is 9.38. The van der Waals surface area contributed by atoms with Gasteiger partial charge in [0.1, 0.15) is 5.82 Å². The molecule has 1 aliphatic rings. The lowest BCUT2D eigenvalue weighted by Crippen LogP contribution is -2.48. The molecule has 1 saturated heterocycles. The summed E-state index contributed by atoms with van der Waals surface area (Å²) in [5, 5.41) is 0.426. The molecule has 0 N–H and O–H groups in total. The maximum Gasteiger partial charge on any atom is 0.254 e. The molecule has 5 nitrogen and oxygen atoms in total. The van der Waals surface area contributed by atoms with E-state index in [1.54, 1.807) is 25.3 Å². The molecule has 0 bridgehead atoms. The third-order valence-electron chi connectivity index (χ3n) is 4.83. The number of hydrogen-bond acceptors (Lipinski definition) is 4. The van der Waals surface area contributed by atoms with E-state index in [0.717, 1.165) is 18.7 Å². The average molecular weight is 486 g/mol. The number of amides is 1. The predicted octanol–water partition coefficient (Wildman–Crippen LogP) is 4.61. The summed E-state index contributed by atoms with van der Waals surface area (Å²) in [5.41, 5.74) is 1.43. The van der Waals surface area contributed by atoms with Crippen molar-refractivity contribution in [3.8, 4) is 11.5 Å². The number of nitrogens with zero attached hydrogens (tertiary/aromatic N) is 2. The van der Waals surface area contributed by atoms with Gasteiger partial charge in [-0.05, 0) is 52.7 Å². The summed E-state index contributed by atoms with van der Waals surface area (Å²) >= 11 is 9.60. The van der Waals surface area contributed by atoms with Crippen molar-refractivity contribution < 1.29 is 18.7 Å². The molecule has 29 heavy (non-hydrogen) atoms. The first-order valence-corrected chi connectivity index (χ1v) is 10.6. The van der Waals surface area contributed by atoms with Crippen molar-refractivity contribution in [2.45, 2.75) is 13.5 Å². The van der Waals surface area contributed by atoms with Gasteiger partial charge < -0.3 is 14.4 Å². The van der Waals surface area contributed by atoms with Gasteiger partial charge in [-0.3, -0.25) is 9.69 Å². The zero-order valence-electron chi connectivity index (χ0n) is 16.4. The number of benzene rings is 2. The highest BCUT2D eigenvalue weighted by atomic mass is 79.9. The van der Waals surface area contributed by atoms with Gasteiger partial charge in [-0.2, -0.15) is 0 Å². The second-order valence-electron chi connectivity index (χ2n) is 6.73. The van der Waals surface area contributed by atoms with Gasteiger partial charge >= 0.3 is 0 Å². The third-order valence-corrected chi connectivity index (χ3v) is 5.77. The maximum absolute atomic E-state index is 13.2. The maximum atomic E-state index is 13.2. The lowest BCUT2D eigenvalue weighted by Gasteiger charge is -2.35. The molecule has 1 amide bonds. The molecule has 3 rings (SSSR count). The van der Waals surface area contributed by atoms with Crippen LogP contribution in [0.4, 0.5) is 4.39 Å². The quantitative estimate of drug-likeness (QED) is 0.599. The Morgan fingerprint density at radius 1 is 1.21 bits per heavy atom.